The van der Waals surface area contributed by atoms with Crippen LogP contribution >= 0.6 is 11.8 Å². The van der Waals surface area contributed by atoms with E-state index >= 15 is 0 Å². The van der Waals surface area contributed by atoms with Crippen LogP contribution in [0, 0.1) is 11.8 Å². The molecule has 0 bridgehead atoms. The van der Waals surface area contributed by atoms with Gasteiger partial charge < -0.3 is 10.6 Å². The van der Waals surface area contributed by atoms with Crippen molar-refractivity contribution in [3.63, 3.8) is 0 Å². The van der Waals surface area contributed by atoms with Crippen molar-refractivity contribution in [2.24, 2.45) is 11.8 Å². The minimum Gasteiger partial charge on any atom is -0.326 e. The Morgan fingerprint density at radius 3 is 2.59 bits per heavy atom. The van der Waals surface area contributed by atoms with Crippen molar-refractivity contribution in [3.8, 4) is 0 Å². The molecule has 2 rings (SSSR count). The average Bonchev–Trinajstić information content (AvgIpc) is 2.76. The first kappa shape index (κ1) is 12.5. The molecule has 1 aromatic carbocycles. The second-order valence-corrected chi connectivity index (χ2v) is 5.34. The van der Waals surface area contributed by atoms with Crippen LogP contribution in [0.2, 0.25) is 0 Å². The third-order valence-electron chi connectivity index (χ3n) is 3.21. The van der Waals surface area contributed by atoms with Crippen molar-refractivity contribution in [1.82, 2.24) is 5.32 Å². The quantitative estimate of drug-likeness (QED) is 0.808. The SMILES string of the molecule is CSc1ccc(NC(=O)C2CNCC2C)cc1. The number of carbonyl (C=O) groups is 1. The molecule has 0 radical (unpaired) electrons. The number of carbonyl (C=O) groups excluding carboxylic acids is 1. The molecule has 0 spiro atoms. The standard InChI is InChI=1S/C13H18N2OS/c1-9-7-14-8-12(9)13(16)15-10-3-5-11(17-2)6-4-10/h3-6,9,12,14H,7-8H2,1-2H3,(H,15,16). The normalized spacial score (nSPS) is 23.6. The van der Waals surface area contributed by atoms with Gasteiger partial charge in [-0.15, -0.1) is 11.8 Å². The number of amides is 1. The molecular formula is C13H18N2OS. The van der Waals surface area contributed by atoms with E-state index in [1.807, 2.05) is 30.5 Å². The number of benzene rings is 1. The lowest BCUT2D eigenvalue weighted by Crippen LogP contribution is -2.27. The second kappa shape index (κ2) is 5.56. The largest absolute Gasteiger partial charge is 0.326 e. The smallest absolute Gasteiger partial charge is 0.229 e. The Morgan fingerprint density at radius 2 is 2.06 bits per heavy atom. The number of anilines is 1. The molecular weight excluding hydrogens is 232 g/mol. The Balaban J connectivity index is 1.97. The van der Waals surface area contributed by atoms with Crippen LogP contribution in [0.4, 0.5) is 5.69 Å². The maximum absolute atomic E-state index is 12.0. The van der Waals surface area contributed by atoms with Gasteiger partial charge in [0.15, 0.2) is 0 Å². The van der Waals surface area contributed by atoms with E-state index in [1.165, 1.54) is 4.90 Å². The summed E-state index contributed by atoms with van der Waals surface area (Å²) < 4.78 is 0. The molecule has 17 heavy (non-hydrogen) atoms. The van der Waals surface area contributed by atoms with Gasteiger partial charge in [0, 0.05) is 17.1 Å². The Bertz CT molecular complexity index is 391. The lowest BCUT2D eigenvalue weighted by Gasteiger charge is -2.14. The molecule has 0 aliphatic carbocycles. The summed E-state index contributed by atoms with van der Waals surface area (Å²) in [5.74, 6) is 0.634. The monoisotopic (exact) mass is 250 g/mol. The summed E-state index contributed by atoms with van der Waals surface area (Å²) in [6.45, 7) is 3.83. The summed E-state index contributed by atoms with van der Waals surface area (Å²) >= 11 is 1.70. The van der Waals surface area contributed by atoms with E-state index in [4.69, 9.17) is 0 Å². The molecule has 1 fully saturated rings. The molecule has 92 valence electrons. The molecule has 2 N–H and O–H groups in total. The van der Waals surface area contributed by atoms with Gasteiger partial charge in [-0.2, -0.15) is 0 Å². The highest BCUT2D eigenvalue weighted by Gasteiger charge is 2.29. The maximum Gasteiger partial charge on any atom is 0.229 e. The summed E-state index contributed by atoms with van der Waals surface area (Å²) in [7, 11) is 0. The van der Waals surface area contributed by atoms with Gasteiger partial charge in [-0.05, 0) is 43.0 Å². The Morgan fingerprint density at radius 1 is 1.35 bits per heavy atom. The van der Waals surface area contributed by atoms with E-state index in [-0.39, 0.29) is 11.8 Å². The number of rotatable bonds is 3. The van der Waals surface area contributed by atoms with Crippen molar-refractivity contribution in [3.05, 3.63) is 24.3 Å². The number of thioether (sulfide) groups is 1. The third-order valence-corrected chi connectivity index (χ3v) is 3.96. The summed E-state index contributed by atoms with van der Waals surface area (Å²) in [6.07, 6.45) is 2.04. The highest BCUT2D eigenvalue weighted by molar-refractivity contribution is 7.98. The van der Waals surface area contributed by atoms with E-state index in [1.54, 1.807) is 11.8 Å². The van der Waals surface area contributed by atoms with E-state index in [0.717, 1.165) is 18.8 Å². The fourth-order valence-electron chi connectivity index (χ4n) is 2.07. The van der Waals surface area contributed by atoms with E-state index < -0.39 is 0 Å². The predicted octanol–water partition coefficient (Wildman–Crippen LogP) is 2.20. The molecule has 1 amide bonds. The van der Waals surface area contributed by atoms with Crippen LogP contribution in [0.15, 0.2) is 29.2 Å². The average molecular weight is 250 g/mol. The summed E-state index contributed by atoms with van der Waals surface area (Å²) in [4.78, 5) is 13.2. The highest BCUT2D eigenvalue weighted by atomic mass is 32.2. The van der Waals surface area contributed by atoms with Crippen molar-refractivity contribution >= 4 is 23.4 Å². The first-order chi connectivity index (χ1) is 8.20. The molecule has 1 aliphatic rings. The van der Waals surface area contributed by atoms with Gasteiger partial charge in [-0.3, -0.25) is 4.79 Å². The number of hydrogen-bond donors (Lipinski definition) is 2. The van der Waals surface area contributed by atoms with Gasteiger partial charge in [0.2, 0.25) is 5.91 Å². The lowest BCUT2D eigenvalue weighted by atomic mass is 9.97. The third kappa shape index (κ3) is 3.01. The van der Waals surface area contributed by atoms with Crippen LogP contribution in [0.1, 0.15) is 6.92 Å². The molecule has 4 heteroatoms. The van der Waals surface area contributed by atoms with Gasteiger partial charge in [-0.25, -0.2) is 0 Å². The van der Waals surface area contributed by atoms with Crippen LogP contribution in [-0.4, -0.2) is 25.3 Å². The van der Waals surface area contributed by atoms with Crippen LogP contribution in [-0.2, 0) is 4.79 Å². The van der Waals surface area contributed by atoms with Crippen LogP contribution in [0.5, 0.6) is 0 Å². The van der Waals surface area contributed by atoms with Crippen molar-refractivity contribution in [2.45, 2.75) is 11.8 Å². The summed E-state index contributed by atoms with van der Waals surface area (Å²) in [5.41, 5.74) is 0.881. The van der Waals surface area contributed by atoms with Gasteiger partial charge in [0.1, 0.15) is 0 Å². The molecule has 0 aromatic heterocycles. The van der Waals surface area contributed by atoms with Crippen LogP contribution < -0.4 is 10.6 Å². The zero-order valence-electron chi connectivity index (χ0n) is 10.2. The molecule has 3 nitrogen and oxygen atoms in total. The zero-order valence-corrected chi connectivity index (χ0v) is 11.0. The summed E-state index contributed by atoms with van der Waals surface area (Å²) in [6, 6.07) is 7.96. The van der Waals surface area contributed by atoms with Crippen molar-refractivity contribution in [1.29, 1.82) is 0 Å². The summed E-state index contributed by atoms with van der Waals surface area (Å²) in [5, 5.41) is 6.22. The maximum atomic E-state index is 12.0. The minimum atomic E-state index is 0.0928. The molecule has 2 atom stereocenters. The molecule has 1 aliphatic heterocycles. The first-order valence-corrected chi connectivity index (χ1v) is 7.09. The number of nitrogens with one attached hydrogen (secondary N) is 2. The van der Waals surface area contributed by atoms with Crippen LogP contribution in [0.3, 0.4) is 0 Å². The molecule has 2 unspecified atom stereocenters. The number of hydrogen-bond acceptors (Lipinski definition) is 3. The van der Waals surface area contributed by atoms with Crippen LogP contribution in [0.25, 0.3) is 0 Å². The predicted molar refractivity (Wildman–Crippen MR) is 72.4 cm³/mol. The molecule has 0 saturated carbocycles. The van der Waals surface area contributed by atoms with Crippen molar-refractivity contribution in [2.75, 3.05) is 24.7 Å². The van der Waals surface area contributed by atoms with Gasteiger partial charge >= 0.3 is 0 Å². The molecule has 1 saturated heterocycles. The highest BCUT2D eigenvalue weighted by Crippen LogP contribution is 2.20. The van der Waals surface area contributed by atoms with Crippen molar-refractivity contribution < 1.29 is 4.79 Å². The Kier molecular flexibility index (Phi) is 4.07. The van der Waals surface area contributed by atoms with E-state index in [2.05, 4.69) is 17.6 Å². The fourth-order valence-corrected chi connectivity index (χ4v) is 2.48. The van der Waals surface area contributed by atoms with E-state index in [0.29, 0.717) is 5.92 Å². The second-order valence-electron chi connectivity index (χ2n) is 4.46. The first-order valence-electron chi connectivity index (χ1n) is 5.86. The topological polar surface area (TPSA) is 41.1 Å². The molecule has 1 heterocycles. The van der Waals surface area contributed by atoms with Gasteiger partial charge in [0.05, 0.1) is 5.92 Å². The molecule has 1 aromatic rings. The lowest BCUT2D eigenvalue weighted by molar-refractivity contribution is -0.120. The minimum absolute atomic E-state index is 0.0928. The fraction of sp³-hybridized carbons (Fsp3) is 0.462. The van der Waals surface area contributed by atoms with E-state index in [9.17, 15) is 4.79 Å². The van der Waals surface area contributed by atoms with Gasteiger partial charge in [-0.1, -0.05) is 6.92 Å². The Labute approximate surface area is 106 Å². The Hall–Kier alpha value is -1.00. The zero-order chi connectivity index (χ0) is 12.3. The van der Waals surface area contributed by atoms with Gasteiger partial charge in [0.25, 0.3) is 0 Å².